The van der Waals surface area contributed by atoms with Gasteiger partial charge in [0.15, 0.2) is 5.96 Å². The van der Waals surface area contributed by atoms with Crippen molar-refractivity contribution < 1.29 is 0 Å². The number of nitrogens with zero attached hydrogens (tertiary/aromatic N) is 2. The minimum atomic E-state index is 0.326. The van der Waals surface area contributed by atoms with Gasteiger partial charge < -0.3 is 15.5 Å². The van der Waals surface area contributed by atoms with Crippen LogP contribution < -0.4 is 10.6 Å². The highest BCUT2D eigenvalue weighted by molar-refractivity contribution is 5.80. The molecule has 1 aromatic carbocycles. The van der Waals surface area contributed by atoms with Crippen LogP contribution in [0.5, 0.6) is 0 Å². The van der Waals surface area contributed by atoms with Gasteiger partial charge in [0, 0.05) is 38.6 Å². The Kier molecular flexibility index (Phi) is 8.43. The van der Waals surface area contributed by atoms with Gasteiger partial charge in [-0.05, 0) is 43.7 Å². The zero-order chi connectivity index (χ0) is 18.9. The van der Waals surface area contributed by atoms with E-state index >= 15 is 0 Å². The summed E-state index contributed by atoms with van der Waals surface area (Å²) in [5.41, 5.74) is 1.36. The Hall–Kier alpha value is -1.55. The van der Waals surface area contributed by atoms with Crippen LogP contribution in [0.2, 0.25) is 0 Å². The van der Waals surface area contributed by atoms with E-state index in [0.29, 0.717) is 17.9 Å². The summed E-state index contributed by atoms with van der Waals surface area (Å²) in [4.78, 5) is 7.06. The fourth-order valence-electron chi connectivity index (χ4n) is 3.82. The number of nitrogens with one attached hydrogen (secondary N) is 2. The van der Waals surface area contributed by atoms with Crippen molar-refractivity contribution in [2.24, 2.45) is 16.8 Å². The van der Waals surface area contributed by atoms with Crippen LogP contribution in [0, 0.1) is 11.8 Å². The lowest BCUT2D eigenvalue weighted by Crippen LogP contribution is -2.48. The van der Waals surface area contributed by atoms with E-state index in [1.165, 1.54) is 38.0 Å². The highest BCUT2D eigenvalue weighted by atomic mass is 15.2. The first-order valence-electron chi connectivity index (χ1n) is 10.2. The van der Waals surface area contributed by atoms with Gasteiger partial charge in [0.25, 0.3) is 0 Å². The van der Waals surface area contributed by atoms with Crippen LogP contribution >= 0.6 is 0 Å². The Balaban J connectivity index is 1.80. The molecule has 1 aromatic rings. The van der Waals surface area contributed by atoms with E-state index in [1.54, 1.807) is 0 Å². The van der Waals surface area contributed by atoms with Gasteiger partial charge in [-0.25, -0.2) is 0 Å². The van der Waals surface area contributed by atoms with Crippen LogP contribution in [0.3, 0.4) is 0 Å². The molecule has 0 radical (unpaired) electrons. The Labute approximate surface area is 160 Å². The number of rotatable bonds is 7. The van der Waals surface area contributed by atoms with Crippen LogP contribution in [0.15, 0.2) is 35.3 Å². The van der Waals surface area contributed by atoms with E-state index in [4.69, 9.17) is 0 Å². The minimum absolute atomic E-state index is 0.326. The van der Waals surface area contributed by atoms with Crippen molar-refractivity contribution in [2.75, 3.05) is 33.2 Å². The van der Waals surface area contributed by atoms with Gasteiger partial charge in [-0.15, -0.1) is 0 Å². The second kappa shape index (κ2) is 10.6. The molecule has 0 bridgehead atoms. The molecule has 0 spiro atoms. The minimum Gasteiger partial charge on any atom is -0.356 e. The van der Waals surface area contributed by atoms with Crippen LogP contribution in [0.25, 0.3) is 0 Å². The van der Waals surface area contributed by atoms with Crippen molar-refractivity contribution >= 4 is 5.96 Å². The zero-order valence-corrected chi connectivity index (χ0v) is 17.3. The standard InChI is InChI=1S/C22H38N4/c1-17(2)15-26-13-9-10-20(16-26)14-24-22(23-5)25-19(4)18(3)21-11-7-6-8-12-21/h6-8,11-12,17-20H,9-10,13-16H2,1-5H3,(H2,23,24,25). The molecule has 26 heavy (non-hydrogen) atoms. The fraction of sp³-hybridized carbons (Fsp3) is 0.682. The lowest BCUT2D eigenvalue weighted by molar-refractivity contribution is 0.159. The first-order valence-corrected chi connectivity index (χ1v) is 10.2. The molecular weight excluding hydrogens is 320 g/mol. The van der Waals surface area contributed by atoms with Gasteiger partial charge in [0.05, 0.1) is 0 Å². The molecule has 146 valence electrons. The maximum Gasteiger partial charge on any atom is 0.191 e. The predicted octanol–water partition coefficient (Wildman–Crippen LogP) is 3.71. The number of hydrogen-bond donors (Lipinski definition) is 2. The molecule has 4 nitrogen and oxygen atoms in total. The van der Waals surface area contributed by atoms with Gasteiger partial charge in [0.1, 0.15) is 0 Å². The number of likely N-dealkylation sites (tertiary alicyclic amines) is 1. The summed E-state index contributed by atoms with van der Waals surface area (Å²) in [5.74, 6) is 2.81. The average molecular weight is 359 g/mol. The topological polar surface area (TPSA) is 39.7 Å². The Morgan fingerprint density at radius 3 is 2.58 bits per heavy atom. The molecule has 4 heteroatoms. The summed E-state index contributed by atoms with van der Waals surface area (Å²) in [5, 5.41) is 7.14. The molecule has 0 saturated carbocycles. The Morgan fingerprint density at radius 1 is 1.19 bits per heavy atom. The Bertz CT molecular complexity index is 540. The second-order valence-corrected chi connectivity index (χ2v) is 8.25. The highest BCUT2D eigenvalue weighted by Gasteiger charge is 2.21. The second-order valence-electron chi connectivity index (χ2n) is 8.25. The highest BCUT2D eigenvalue weighted by Crippen LogP contribution is 2.19. The fourth-order valence-corrected chi connectivity index (χ4v) is 3.82. The summed E-state index contributed by atoms with van der Waals surface area (Å²) in [6.45, 7) is 13.8. The number of hydrogen-bond acceptors (Lipinski definition) is 2. The molecule has 0 amide bonds. The van der Waals surface area contributed by atoms with E-state index in [-0.39, 0.29) is 0 Å². The van der Waals surface area contributed by atoms with Crippen LogP contribution in [-0.2, 0) is 0 Å². The number of guanidine groups is 1. The molecule has 2 rings (SSSR count). The van der Waals surface area contributed by atoms with E-state index in [1.807, 2.05) is 7.05 Å². The molecule has 0 aromatic heterocycles. The van der Waals surface area contributed by atoms with Crippen LogP contribution in [0.4, 0.5) is 0 Å². The largest absolute Gasteiger partial charge is 0.356 e. The monoisotopic (exact) mass is 358 g/mol. The summed E-state index contributed by atoms with van der Waals surface area (Å²) in [6, 6.07) is 11.0. The smallest absolute Gasteiger partial charge is 0.191 e. The molecule has 1 heterocycles. The number of benzene rings is 1. The quantitative estimate of drug-likeness (QED) is 0.576. The van der Waals surface area contributed by atoms with Gasteiger partial charge in [0.2, 0.25) is 0 Å². The molecule has 3 atom stereocenters. The van der Waals surface area contributed by atoms with Crippen LogP contribution in [-0.4, -0.2) is 50.1 Å². The average Bonchev–Trinajstić information content (AvgIpc) is 2.64. The van der Waals surface area contributed by atoms with Crippen LogP contribution in [0.1, 0.15) is 52.0 Å². The Morgan fingerprint density at radius 2 is 1.92 bits per heavy atom. The van der Waals surface area contributed by atoms with Gasteiger partial charge in [-0.3, -0.25) is 4.99 Å². The number of piperidine rings is 1. The summed E-state index contributed by atoms with van der Waals surface area (Å²) in [7, 11) is 1.86. The van der Waals surface area contributed by atoms with Gasteiger partial charge in [-0.1, -0.05) is 51.1 Å². The summed E-state index contributed by atoms with van der Waals surface area (Å²) in [6.07, 6.45) is 2.63. The predicted molar refractivity (Wildman–Crippen MR) is 113 cm³/mol. The van der Waals surface area contributed by atoms with Crippen molar-refractivity contribution in [1.29, 1.82) is 0 Å². The molecule has 1 fully saturated rings. The van der Waals surface area contributed by atoms with Crippen molar-refractivity contribution in [2.45, 2.75) is 52.5 Å². The first-order chi connectivity index (χ1) is 12.5. The first kappa shape index (κ1) is 20.8. The lowest BCUT2D eigenvalue weighted by atomic mass is 9.94. The van der Waals surface area contributed by atoms with E-state index < -0.39 is 0 Å². The SMILES string of the molecule is CN=C(NCC1CCCN(CC(C)C)C1)NC(C)C(C)c1ccccc1. The van der Waals surface area contributed by atoms with Crippen molar-refractivity contribution in [3.8, 4) is 0 Å². The maximum absolute atomic E-state index is 4.44. The third-order valence-electron chi connectivity index (χ3n) is 5.45. The van der Waals surface area contributed by atoms with E-state index in [2.05, 4.69) is 78.6 Å². The van der Waals surface area contributed by atoms with Gasteiger partial charge >= 0.3 is 0 Å². The summed E-state index contributed by atoms with van der Waals surface area (Å²) >= 11 is 0. The normalized spacial score (nSPS) is 21.5. The summed E-state index contributed by atoms with van der Waals surface area (Å²) < 4.78 is 0. The molecule has 1 saturated heterocycles. The molecule has 1 aliphatic rings. The molecular formula is C22H38N4. The molecule has 2 N–H and O–H groups in total. The molecule has 0 aliphatic carbocycles. The van der Waals surface area contributed by atoms with Crippen molar-refractivity contribution in [3.05, 3.63) is 35.9 Å². The zero-order valence-electron chi connectivity index (χ0n) is 17.3. The molecule has 1 aliphatic heterocycles. The maximum atomic E-state index is 4.44. The third-order valence-corrected chi connectivity index (χ3v) is 5.45. The van der Waals surface area contributed by atoms with Crippen molar-refractivity contribution in [1.82, 2.24) is 15.5 Å². The third kappa shape index (κ3) is 6.64. The molecule has 3 unspecified atom stereocenters. The lowest BCUT2D eigenvalue weighted by Gasteiger charge is -2.34. The van der Waals surface area contributed by atoms with Gasteiger partial charge in [-0.2, -0.15) is 0 Å². The van der Waals surface area contributed by atoms with E-state index in [0.717, 1.165) is 18.4 Å². The van der Waals surface area contributed by atoms with E-state index in [9.17, 15) is 0 Å². The van der Waals surface area contributed by atoms with Crippen molar-refractivity contribution in [3.63, 3.8) is 0 Å². The number of aliphatic imine (C=N–C) groups is 1.